The predicted molar refractivity (Wildman–Crippen MR) is 55.3 cm³/mol. The van der Waals surface area contributed by atoms with Gasteiger partial charge in [0.1, 0.15) is 0 Å². The second-order valence-electron chi connectivity index (χ2n) is 3.01. The molecule has 0 saturated carbocycles. The zero-order chi connectivity index (χ0) is 10.4. The van der Waals surface area contributed by atoms with Gasteiger partial charge in [-0.1, -0.05) is 37.3 Å². The maximum Gasteiger partial charge on any atom is 0.267 e. The number of rotatable bonds is 5. The summed E-state index contributed by atoms with van der Waals surface area (Å²) in [6.45, 7) is 1.94. The van der Waals surface area contributed by atoms with E-state index in [2.05, 4.69) is 0 Å². The Morgan fingerprint density at radius 3 is 2.43 bits per heavy atom. The van der Waals surface area contributed by atoms with Crippen LogP contribution in [-0.4, -0.2) is 14.2 Å². The van der Waals surface area contributed by atoms with Gasteiger partial charge in [0.2, 0.25) is 0 Å². The summed E-state index contributed by atoms with van der Waals surface area (Å²) in [5.74, 6) is 0.0832. The van der Waals surface area contributed by atoms with Crippen LogP contribution < -0.4 is 0 Å². The maximum absolute atomic E-state index is 11.2. The van der Waals surface area contributed by atoms with Crippen molar-refractivity contribution in [1.82, 2.24) is 0 Å². The molecule has 1 aromatic rings. The second kappa shape index (κ2) is 5.12. The van der Waals surface area contributed by atoms with Crippen LogP contribution in [0.15, 0.2) is 30.3 Å². The first-order valence-electron chi connectivity index (χ1n) is 4.55. The van der Waals surface area contributed by atoms with E-state index in [4.69, 9.17) is 4.18 Å². The van der Waals surface area contributed by atoms with Gasteiger partial charge in [0.05, 0.1) is 12.4 Å². The summed E-state index contributed by atoms with van der Waals surface area (Å²) in [6.07, 6.45) is 0.580. The van der Waals surface area contributed by atoms with Crippen LogP contribution in [0.3, 0.4) is 0 Å². The molecule has 0 aromatic heterocycles. The highest BCUT2D eigenvalue weighted by Gasteiger charge is 2.08. The van der Waals surface area contributed by atoms with Crippen LogP contribution in [0.1, 0.15) is 18.9 Å². The molecule has 0 saturated heterocycles. The molecule has 4 heteroatoms. The molecule has 0 aliphatic heterocycles. The Morgan fingerprint density at radius 2 is 1.86 bits per heavy atom. The third-order valence-corrected chi connectivity index (χ3v) is 3.09. The van der Waals surface area contributed by atoms with Crippen molar-refractivity contribution in [3.8, 4) is 0 Å². The summed E-state index contributed by atoms with van der Waals surface area (Å²) in [6, 6.07) is 9.25. The van der Waals surface area contributed by atoms with E-state index in [-0.39, 0.29) is 12.4 Å². The van der Waals surface area contributed by atoms with Crippen molar-refractivity contribution in [3.05, 3.63) is 35.9 Å². The largest absolute Gasteiger partial charge is 0.267 e. The normalized spacial score (nSPS) is 11.5. The lowest BCUT2D eigenvalue weighted by atomic mass is 10.2. The van der Waals surface area contributed by atoms with E-state index in [1.54, 1.807) is 0 Å². The smallest absolute Gasteiger partial charge is 0.265 e. The van der Waals surface area contributed by atoms with Gasteiger partial charge in [0.25, 0.3) is 10.1 Å². The van der Waals surface area contributed by atoms with E-state index in [1.807, 2.05) is 37.3 Å². The molecule has 1 rings (SSSR count). The van der Waals surface area contributed by atoms with Gasteiger partial charge in [0, 0.05) is 0 Å². The van der Waals surface area contributed by atoms with Crippen molar-refractivity contribution in [2.75, 3.05) is 5.75 Å². The van der Waals surface area contributed by atoms with Crippen molar-refractivity contribution >= 4 is 10.1 Å². The Morgan fingerprint density at radius 1 is 1.21 bits per heavy atom. The van der Waals surface area contributed by atoms with E-state index in [9.17, 15) is 8.42 Å². The number of benzene rings is 1. The molecule has 78 valence electrons. The zero-order valence-electron chi connectivity index (χ0n) is 8.14. The standard InChI is InChI=1S/C10H14O3S/c1-2-8-14(11,12)13-9-10-6-4-3-5-7-10/h3-7H,2,8-9H2,1H3. The fourth-order valence-corrected chi connectivity index (χ4v) is 1.97. The minimum absolute atomic E-state index is 0.0832. The monoisotopic (exact) mass is 214 g/mol. The first-order valence-corrected chi connectivity index (χ1v) is 6.13. The van der Waals surface area contributed by atoms with Gasteiger partial charge in [-0.05, 0) is 12.0 Å². The predicted octanol–water partition coefficient (Wildman–Crippen LogP) is 1.94. The summed E-state index contributed by atoms with van der Waals surface area (Å²) >= 11 is 0. The molecule has 0 aliphatic carbocycles. The van der Waals surface area contributed by atoms with Crippen LogP contribution in [0.25, 0.3) is 0 Å². The molecule has 0 spiro atoms. The van der Waals surface area contributed by atoms with Crippen molar-refractivity contribution in [1.29, 1.82) is 0 Å². The molecule has 0 unspecified atom stereocenters. The quantitative estimate of drug-likeness (QED) is 0.703. The number of hydrogen-bond acceptors (Lipinski definition) is 3. The molecule has 0 N–H and O–H groups in total. The summed E-state index contributed by atoms with van der Waals surface area (Å²) in [7, 11) is -3.33. The first-order chi connectivity index (χ1) is 6.64. The third-order valence-electron chi connectivity index (χ3n) is 1.70. The molecule has 0 radical (unpaired) electrons. The molecule has 1 aromatic carbocycles. The molecule has 14 heavy (non-hydrogen) atoms. The van der Waals surface area contributed by atoms with Gasteiger partial charge >= 0.3 is 0 Å². The minimum atomic E-state index is -3.33. The van der Waals surface area contributed by atoms with E-state index in [0.717, 1.165) is 5.56 Å². The average Bonchev–Trinajstić information content (AvgIpc) is 2.17. The summed E-state index contributed by atoms with van der Waals surface area (Å²) in [5.41, 5.74) is 0.868. The van der Waals surface area contributed by atoms with Crippen LogP contribution in [0, 0.1) is 0 Å². The Labute approximate surface area is 84.8 Å². The molecule has 0 heterocycles. The molecule has 0 amide bonds. The van der Waals surface area contributed by atoms with Crippen LogP contribution >= 0.6 is 0 Å². The summed E-state index contributed by atoms with van der Waals surface area (Å²) in [4.78, 5) is 0. The van der Waals surface area contributed by atoms with E-state index in [0.29, 0.717) is 6.42 Å². The molecule has 0 bridgehead atoms. The summed E-state index contributed by atoms with van der Waals surface area (Å²) < 4.78 is 27.2. The SMILES string of the molecule is CCCS(=O)(=O)OCc1ccccc1. The van der Waals surface area contributed by atoms with Gasteiger partial charge in [-0.2, -0.15) is 8.42 Å². The maximum atomic E-state index is 11.2. The Balaban J connectivity index is 2.49. The van der Waals surface area contributed by atoms with Crippen LogP contribution in [-0.2, 0) is 20.9 Å². The van der Waals surface area contributed by atoms with Gasteiger partial charge in [-0.25, -0.2) is 0 Å². The summed E-state index contributed by atoms with van der Waals surface area (Å²) in [5, 5.41) is 0. The topological polar surface area (TPSA) is 43.4 Å². The molecule has 0 aliphatic rings. The zero-order valence-corrected chi connectivity index (χ0v) is 8.96. The Kier molecular flexibility index (Phi) is 4.10. The van der Waals surface area contributed by atoms with Gasteiger partial charge < -0.3 is 0 Å². The molecule has 3 nitrogen and oxygen atoms in total. The highest BCUT2D eigenvalue weighted by Crippen LogP contribution is 2.04. The van der Waals surface area contributed by atoms with Crippen LogP contribution in [0.2, 0.25) is 0 Å². The van der Waals surface area contributed by atoms with E-state index in [1.165, 1.54) is 0 Å². The Bertz CT molecular complexity index is 356. The van der Waals surface area contributed by atoms with Gasteiger partial charge in [-0.15, -0.1) is 0 Å². The molecule has 0 fully saturated rings. The van der Waals surface area contributed by atoms with E-state index >= 15 is 0 Å². The lowest BCUT2D eigenvalue weighted by Gasteiger charge is -2.03. The molecule has 0 atom stereocenters. The lowest BCUT2D eigenvalue weighted by molar-refractivity contribution is 0.308. The fraction of sp³-hybridized carbons (Fsp3) is 0.400. The molecular formula is C10H14O3S. The van der Waals surface area contributed by atoms with Crippen LogP contribution in [0.4, 0.5) is 0 Å². The van der Waals surface area contributed by atoms with Crippen LogP contribution in [0.5, 0.6) is 0 Å². The molecular weight excluding hydrogens is 200 g/mol. The van der Waals surface area contributed by atoms with Gasteiger partial charge in [0.15, 0.2) is 0 Å². The van der Waals surface area contributed by atoms with Crippen molar-refractivity contribution < 1.29 is 12.6 Å². The van der Waals surface area contributed by atoms with Crippen molar-refractivity contribution in [2.24, 2.45) is 0 Å². The lowest BCUT2D eigenvalue weighted by Crippen LogP contribution is -2.09. The fourth-order valence-electron chi connectivity index (χ4n) is 1.04. The van der Waals surface area contributed by atoms with Crippen molar-refractivity contribution in [3.63, 3.8) is 0 Å². The highest BCUT2D eigenvalue weighted by molar-refractivity contribution is 7.86. The Hall–Kier alpha value is -0.870. The second-order valence-corrected chi connectivity index (χ2v) is 4.77. The van der Waals surface area contributed by atoms with E-state index < -0.39 is 10.1 Å². The average molecular weight is 214 g/mol. The highest BCUT2D eigenvalue weighted by atomic mass is 32.2. The first kappa shape index (κ1) is 11.2. The van der Waals surface area contributed by atoms with Crippen molar-refractivity contribution in [2.45, 2.75) is 20.0 Å². The van der Waals surface area contributed by atoms with Gasteiger partial charge in [-0.3, -0.25) is 4.18 Å². The number of hydrogen-bond donors (Lipinski definition) is 0. The third kappa shape index (κ3) is 3.89. The minimum Gasteiger partial charge on any atom is -0.265 e.